The maximum absolute atomic E-state index is 10.7. The Kier molecular flexibility index (Phi) is 3.32. The van der Waals surface area contributed by atoms with Gasteiger partial charge < -0.3 is 5.32 Å². The van der Waals surface area contributed by atoms with E-state index in [0.29, 0.717) is 12.6 Å². The van der Waals surface area contributed by atoms with Crippen LogP contribution in [0.5, 0.6) is 0 Å². The van der Waals surface area contributed by atoms with Crippen LogP contribution in [0.3, 0.4) is 0 Å². The summed E-state index contributed by atoms with van der Waals surface area (Å²) in [4.78, 5) is 10.7. The van der Waals surface area contributed by atoms with Gasteiger partial charge in [0.15, 0.2) is 0 Å². The van der Waals surface area contributed by atoms with E-state index in [2.05, 4.69) is 10.7 Å². The molecule has 0 atom stereocenters. The van der Waals surface area contributed by atoms with Crippen LogP contribution in [0.1, 0.15) is 25.7 Å². The van der Waals surface area contributed by atoms with Crippen LogP contribution in [0.4, 0.5) is 0 Å². The van der Waals surface area contributed by atoms with E-state index in [1.807, 2.05) is 0 Å². The Bertz CT molecular complexity index is 132. The fraction of sp³-hybridized carbons (Fsp3) is 0.857. The van der Waals surface area contributed by atoms with E-state index < -0.39 is 0 Å². The standard InChI is InChI=1S/C7H15N3O/c8-10-7(11)5-9-6-3-1-2-4-6/h6,9H,1-5,8H2,(H,10,11). The summed E-state index contributed by atoms with van der Waals surface area (Å²) in [5.41, 5.74) is 2.09. The molecule has 4 N–H and O–H groups in total. The molecule has 1 aliphatic rings. The number of nitrogens with two attached hydrogens (primary N) is 1. The van der Waals surface area contributed by atoms with Gasteiger partial charge in [-0.05, 0) is 12.8 Å². The first kappa shape index (κ1) is 8.49. The van der Waals surface area contributed by atoms with E-state index in [0.717, 1.165) is 0 Å². The van der Waals surface area contributed by atoms with E-state index in [9.17, 15) is 4.79 Å². The molecule has 0 heterocycles. The van der Waals surface area contributed by atoms with E-state index in [1.54, 1.807) is 0 Å². The summed E-state index contributed by atoms with van der Waals surface area (Å²) in [6, 6.07) is 0.535. The average Bonchev–Trinajstić information content (AvgIpc) is 2.52. The molecule has 0 saturated heterocycles. The highest BCUT2D eigenvalue weighted by Gasteiger charge is 2.14. The maximum atomic E-state index is 10.7. The van der Waals surface area contributed by atoms with Gasteiger partial charge >= 0.3 is 0 Å². The molecule has 0 aromatic rings. The molecule has 1 fully saturated rings. The smallest absolute Gasteiger partial charge is 0.247 e. The molecule has 0 radical (unpaired) electrons. The zero-order valence-corrected chi connectivity index (χ0v) is 6.60. The topological polar surface area (TPSA) is 67.1 Å². The van der Waals surface area contributed by atoms with Crippen molar-refractivity contribution in [1.82, 2.24) is 10.7 Å². The third-order valence-electron chi connectivity index (χ3n) is 2.07. The average molecular weight is 157 g/mol. The van der Waals surface area contributed by atoms with Gasteiger partial charge in [-0.3, -0.25) is 10.2 Å². The van der Waals surface area contributed by atoms with Crippen LogP contribution in [-0.2, 0) is 4.79 Å². The maximum Gasteiger partial charge on any atom is 0.247 e. The molecule has 0 bridgehead atoms. The Hall–Kier alpha value is -0.610. The van der Waals surface area contributed by atoms with Gasteiger partial charge in [-0.1, -0.05) is 12.8 Å². The minimum absolute atomic E-state index is 0.142. The SMILES string of the molecule is NNC(=O)CNC1CCCC1. The van der Waals surface area contributed by atoms with E-state index in [4.69, 9.17) is 5.84 Å². The lowest BCUT2D eigenvalue weighted by molar-refractivity contribution is -0.120. The molecule has 1 aliphatic carbocycles. The summed E-state index contributed by atoms with van der Waals surface area (Å²) >= 11 is 0. The molecule has 4 nitrogen and oxygen atoms in total. The molecule has 1 amide bonds. The molecule has 0 aromatic heterocycles. The monoisotopic (exact) mass is 157 g/mol. The molecule has 64 valence electrons. The van der Waals surface area contributed by atoms with Gasteiger partial charge in [-0.2, -0.15) is 0 Å². The van der Waals surface area contributed by atoms with Crippen molar-refractivity contribution in [1.29, 1.82) is 0 Å². The van der Waals surface area contributed by atoms with E-state index in [-0.39, 0.29) is 5.91 Å². The van der Waals surface area contributed by atoms with Crippen molar-refractivity contribution < 1.29 is 4.79 Å². The van der Waals surface area contributed by atoms with Crippen LogP contribution in [0.25, 0.3) is 0 Å². The largest absolute Gasteiger partial charge is 0.306 e. The van der Waals surface area contributed by atoms with Crippen LogP contribution in [0, 0.1) is 0 Å². The number of hydrogen-bond acceptors (Lipinski definition) is 3. The van der Waals surface area contributed by atoms with Crippen LogP contribution >= 0.6 is 0 Å². The predicted molar refractivity (Wildman–Crippen MR) is 42.6 cm³/mol. The normalized spacial score (nSPS) is 18.6. The van der Waals surface area contributed by atoms with Gasteiger partial charge in [0.2, 0.25) is 5.91 Å². The molecule has 1 saturated carbocycles. The van der Waals surface area contributed by atoms with Crippen molar-refractivity contribution in [3.63, 3.8) is 0 Å². The lowest BCUT2D eigenvalue weighted by atomic mass is 10.2. The molecule has 0 aliphatic heterocycles. The Morgan fingerprint density at radius 1 is 1.45 bits per heavy atom. The zero-order chi connectivity index (χ0) is 8.10. The second kappa shape index (κ2) is 4.31. The summed E-state index contributed by atoms with van der Waals surface area (Å²) < 4.78 is 0. The fourth-order valence-corrected chi connectivity index (χ4v) is 1.42. The van der Waals surface area contributed by atoms with Gasteiger partial charge in [0.05, 0.1) is 6.54 Å². The van der Waals surface area contributed by atoms with Crippen molar-refractivity contribution in [2.45, 2.75) is 31.7 Å². The minimum Gasteiger partial charge on any atom is -0.306 e. The van der Waals surface area contributed by atoms with Crippen molar-refractivity contribution in [2.24, 2.45) is 5.84 Å². The fourth-order valence-electron chi connectivity index (χ4n) is 1.42. The molecule has 0 aromatic carbocycles. The summed E-state index contributed by atoms with van der Waals surface area (Å²) in [5, 5.41) is 3.14. The number of carbonyl (C=O) groups excluding carboxylic acids is 1. The van der Waals surface area contributed by atoms with E-state index in [1.165, 1.54) is 25.7 Å². The van der Waals surface area contributed by atoms with Crippen LogP contribution < -0.4 is 16.6 Å². The Balaban J connectivity index is 2.06. The highest BCUT2D eigenvalue weighted by Crippen LogP contribution is 2.16. The highest BCUT2D eigenvalue weighted by molar-refractivity contribution is 5.77. The lowest BCUT2D eigenvalue weighted by Crippen LogP contribution is -2.40. The molecule has 0 unspecified atom stereocenters. The Morgan fingerprint density at radius 2 is 2.09 bits per heavy atom. The third kappa shape index (κ3) is 2.86. The first-order chi connectivity index (χ1) is 5.33. The first-order valence-corrected chi connectivity index (χ1v) is 4.06. The number of hydrazine groups is 1. The quantitative estimate of drug-likeness (QED) is 0.294. The Morgan fingerprint density at radius 3 is 2.64 bits per heavy atom. The van der Waals surface area contributed by atoms with Crippen molar-refractivity contribution in [3.05, 3.63) is 0 Å². The van der Waals surface area contributed by atoms with Crippen molar-refractivity contribution in [2.75, 3.05) is 6.54 Å². The van der Waals surface area contributed by atoms with Gasteiger partial charge in [0, 0.05) is 6.04 Å². The van der Waals surface area contributed by atoms with Crippen molar-refractivity contribution in [3.8, 4) is 0 Å². The minimum atomic E-state index is -0.142. The molecular formula is C7H15N3O. The Labute approximate surface area is 66.5 Å². The second-order valence-electron chi connectivity index (χ2n) is 2.93. The lowest BCUT2D eigenvalue weighted by Gasteiger charge is -2.09. The molecule has 11 heavy (non-hydrogen) atoms. The van der Waals surface area contributed by atoms with Gasteiger partial charge in [-0.15, -0.1) is 0 Å². The highest BCUT2D eigenvalue weighted by atomic mass is 16.2. The van der Waals surface area contributed by atoms with E-state index >= 15 is 0 Å². The van der Waals surface area contributed by atoms with Gasteiger partial charge in [0.1, 0.15) is 0 Å². The molecule has 1 rings (SSSR count). The number of nitrogens with one attached hydrogen (secondary N) is 2. The number of amides is 1. The van der Waals surface area contributed by atoms with Gasteiger partial charge in [0.25, 0.3) is 0 Å². The van der Waals surface area contributed by atoms with Crippen LogP contribution in [-0.4, -0.2) is 18.5 Å². The second-order valence-corrected chi connectivity index (χ2v) is 2.93. The molecule has 4 heteroatoms. The van der Waals surface area contributed by atoms with Crippen LogP contribution in [0.15, 0.2) is 0 Å². The predicted octanol–water partition coefficient (Wildman–Crippen LogP) is -0.492. The zero-order valence-electron chi connectivity index (χ0n) is 6.60. The number of hydrogen-bond donors (Lipinski definition) is 3. The van der Waals surface area contributed by atoms with Gasteiger partial charge in [-0.25, -0.2) is 5.84 Å². The summed E-state index contributed by atoms with van der Waals surface area (Å²) in [7, 11) is 0. The first-order valence-electron chi connectivity index (χ1n) is 4.06. The summed E-state index contributed by atoms with van der Waals surface area (Å²) in [6.45, 7) is 0.348. The summed E-state index contributed by atoms with van der Waals surface area (Å²) in [6.07, 6.45) is 4.94. The molecular weight excluding hydrogens is 142 g/mol. The summed E-state index contributed by atoms with van der Waals surface area (Å²) in [5.74, 6) is 4.78. The van der Waals surface area contributed by atoms with Crippen molar-refractivity contribution >= 4 is 5.91 Å². The third-order valence-corrected chi connectivity index (χ3v) is 2.07. The van der Waals surface area contributed by atoms with Crippen LogP contribution in [0.2, 0.25) is 0 Å². The number of rotatable bonds is 3. The number of carbonyl (C=O) groups is 1. The molecule has 0 spiro atoms.